The van der Waals surface area contributed by atoms with E-state index < -0.39 is 0 Å². The zero-order valence-electron chi connectivity index (χ0n) is 12.7. The van der Waals surface area contributed by atoms with Gasteiger partial charge in [-0.25, -0.2) is 0 Å². The third kappa shape index (κ3) is 5.00. The predicted octanol–water partition coefficient (Wildman–Crippen LogP) is 3.58. The van der Waals surface area contributed by atoms with E-state index in [0.717, 1.165) is 5.75 Å². The third-order valence-corrected chi connectivity index (χ3v) is 3.98. The summed E-state index contributed by atoms with van der Waals surface area (Å²) < 4.78 is 10.4. The fourth-order valence-corrected chi connectivity index (χ4v) is 2.70. The fraction of sp³-hybridized carbons (Fsp3) is 0.235. The van der Waals surface area contributed by atoms with E-state index in [1.807, 2.05) is 18.2 Å². The number of amides is 1. The number of hydrogen-bond donors (Lipinski definition) is 1. The summed E-state index contributed by atoms with van der Waals surface area (Å²) >= 11 is 1.58. The third-order valence-electron chi connectivity index (χ3n) is 2.98. The quantitative estimate of drug-likeness (QED) is 0.848. The molecule has 116 valence electrons. The van der Waals surface area contributed by atoms with Crippen molar-refractivity contribution in [1.82, 2.24) is 0 Å². The largest absolute Gasteiger partial charge is 0.497 e. The normalized spacial score (nSPS) is 10.1. The average Bonchev–Trinajstić information content (AvgIpc) is 2.55. The molecule has 0 unspecified atom stereocenters. The summed E-state index contributed by atoms with van der Waals surface area (Å²) in [4.78, 5) is 12.0. The van der Waals surface area contributed by atoms with Crippen LogP contribution < -0.4 is 14.8 Å². The lowest BCUT2D eigenvalue weighted by Crippen LogP contribution is -2.14. The standard InChI is InChI=1S/C17H19NO3S/c1-20-15-8-14(9-16(10-15)21-2)18-17(19)12-22-11-13-6-4-3-5-7-13/h3-10H,11-12H2,1-2H3,(H,18,19). The van der Waals surface area contributed by atoms with E-state index in [4.69, 9.17) is 9.47 Å². The molecule has 2 rings (SSSR count). The highest BCUT2D eigenvalue weighted by atomic mass is 32.2. The Morgan fingerprint density at radius 1 is 1.05 bits per heavy atom. The van der Waals surface area contributed by atoms with E-state index in [2.05, 4.69) is 17.4 Å². The van der Waals surface area contributed by atoms with Crippen LogP contribution in [0.15, 0.2) is 48.5 Å². The Kier molecular flexibility index (Phi) is 6.15. The van der Waals surface area contributed by atoms with Crippen LogP contribution in [-0.2, 0) is 10.5 Å². The Labute approximate surface area is 134 Å². The lowest BCUT2D eigenvalue weighted by atomic mass is 10.2. The van der Waals surface area contributed by atoms with Gasteiger partial charge in [0, 0.05) is 29.6 Å². The second-order valence-electron chi connectivity index (χ2n) is 4.63. The molecule has 0 radical (unpaired) electrons. The van der Waals surface area contributed by atoms with Crippen LogP contribution in [0.4, 0.5) is 5.69 Å². The first-order valence-electron chi connectivity index (χ1n) is 6.86. The molecule has 0 atom stereocenters. The van der Waals surface area contributed by atoms with E-state index >= 15 is 0 Å². The monoisotopic (exact) mass is 317 g/mol. The summed E-state index contributed by atoms with van der Waals surface area (Å²) in [5, 5.41) is 2.86. The number of methoxy groups -OCH3 is 2. The van der Waals surface area contributed by atoms with E-state index in [0.29, 0.717) is 22.9 Å². The molecule has 0 saturated carbocycles. The van der Waals surface area contributed by atoms with Crippen molar-refractivity contribution in [2.75, 3.05) is 25.3 Å². The van der Waals surface area contributed by atoms with Gasteiger partial charge in [-0.05, 0) is 5.56 Å². The van der Waals surface area contributed by atoms with E-state index in [-0.39, 0.29) is 5.91 Å². The van der Waals surface area contributed by atoms with Gasteiger partial charge in [-0.15, -0.1) is 11.8 Å². The number of nitrogens with one attached hydrogen (secondary N) is 1. The highest BCUT2D eigenvalue weighted by Gasteiger charge is 2.06. The molecule has 5 heteroatoms. The van der Waals surface area contributed by atoms with Gasteiger partial charge in [-0.3, -0.25) is 4.79 Å². The van der Waals surface area contributed by atoms with Crippen LogP contribution in [0.1, 0.15) is 5.56 Å². The molecule has 0 fully saturated rings. The van der Waals surface area contributed by atoms with Crippen molar-refractivity contribution in [2.45, 2.75) is 5.75 Å². The number of rotatable bonds is 7. The van der Waals surface area contributed by atoms with Crippen LogP contribution >= 0.6 is 11.8 Å². The van der Waals surface area contributed by atoms with Gasteiger partial charge in [-0.2, -0.15) is 0 Å². The summed E-state index contributed by atoms with van der Waals surface area (Å²) in [7, 11) is 3.16. The molecular weight excluding hydrogens is 298 g/mol. The number of carbonyl (C=O) groups is 1. The van der Waals surface area contributed by atoms with Crippen LogP contribution in [0.3, 0.4) is 0 Å². The van der Waals surface area contributed by atoms with Crippen molar-refractivity contribution in [3.8, 4) is 11.5 Å². The number of carbonyl (C=O) groups excluding carboxylic acids is 1. The second-order valence-corrected chi connectivity index (χ2v) is 5.61. The van der Waals surface area contributed by atoms with E-state index in [1.165, 1.54) is 5.56 Å². The molecule has 22 heavy (non-hydrogen) atoms. The second kappa shape index (κ2) is 8.34. The minimum absolute atomic E-state index is 0.0452. The maximum absolute atomic E-state index is 12.0. The smallest absolute Gasteiger partial charge is 0.234 e. The zero-order chi connectivity index (χ0) is 15.8. The highest BCUT2D eigenvalue weighted by molar-refractivity contribution is 7.99. The molecule has 1 amide bonds. The topological polar surface area (TPSA) is 47.6 Å². The van der Waals surface area contributed by atoms with Crippen molar-refractivity contribution in [3.63, 3.8) is 0 Å². The van der Waals surface area contributed by atoms with Crippen molar-refractivity contribution in [2.24, 2.45) is 0 Å². The van der Waals surface area contributed by atoms with Crippen molar-refractivity contribution in [3.05, 3.63) is 54.1 Å². The number of hydrogen-bond acceptors (Lipinski definition) is 4. The van der Waals surface area contributed by atoms with Gasteiger partial charge < -0.3 is 14.8 Å². The lowest BCUT2D eigenvalue weighted by molar-refractivity contribution is -0.113. The maximum Gasteiger partial charge on any atom is 0.234 e. The van der Waals surface area contributed by atoms with Crippen molar-refractivity contribution < 1.29 is 14.3 Å². The SMILES string of the molecule is COc1cc(NC(=O)CSCc2ccccc2)cc(OC)c1. The first-order valence-corrected chi connectivity index (χ1v) is 8.01. The highest BCUT2D eigenvalue weighted by Crippen LogP contribution is 2.26. The summed E-state index contributed by atoms with van der Waals surface area (Å²) in [6, 6.07) is 15.4. The molecule has 0 aromatic heterocycles. The number of thioether (sulfide) groups is 1. The van der Waals surface area contributed by atoms with Crippen molar-refractivity contribution in [1.29, 1.82) is 0 Å². The molecule has 0 spiro atoms. The zero-order valence-corrected chi connectivity index (χ0v) is 13.5. The molecule has 0 saturated heterocycles. The Hall–Kier alpha value is -2.14. The van der Waals surface area contributed by atoms with Crippen LogP contribution in [0.25, 0.3) is 0 Å². The van der Waals surface area contributed by atoms with Gasteiger partial charge in [0.2, 0.25) is 5.91 Å². The molecule has 0 heterocycles. The number of anilines is 1. The van der Waals surface area contributed by atoms with Gasteiger partial charge >= 0.3 is 0 Å². The van der Waals surface area contributed by atoms with Gasteiger partial charge in [-0.1, -0.05) is 30.3 Å². The molecule has 4 nitrogen and oxygen atoms in total. The van der Waals surface area contributed by atoms with E-state index in [1.54, 1.807) is 44.2 Å². The Balaban J connectivity index is 1.86. The van der Waals surface area contributed by atoms with Crippen molar-refractivity contribution >= 4 is 23.4 Å². The molecule has 0 aliphatic heterocycles. The van der Waals surface area contributed by atoms with Crippen LogP contribution in [0, 0.1) is 0 Å². The molecule has 0 aliphatic carbocycles. The average molecular weight is 317 g/mol. The summed E-state index contributed by atoms with van der Waals surface area (Å²) in [6.45, 7) is 0. The van der Waals surface area contributed by atoms with Gasteiger partial charge in [0.1, 0.15) is 11.5 Å². The molecular formula is C17H19NO3S. The van der Waals surface area contributed by atoms with Crippen LogP contribution in [0.5, 0.6) is 11.5 Å². The van der Waals surface area contributed by atoms with Crippen LogP contribution in [0.2, 0.25) is 0 Å². The maximum atomic E-state index is 12.0. The summed E-state index contributed by atoms with van der Waals surface area (Å²) in [6.07, 6.45) is 0. The predicted molar refractivity (Wildman–Crippen MR) is 90.8 cm³/mol. The number of ether oxygens (including phenoxy) is 2. The Morgan fingerprint density at radius 3 is 2.27 bits per heavy atom. The minimum atomic E-state index is -0.0452. The molecule has 2 aromatic rings. The minimum Gasteiger partial charge on any atom is -0.497 e. The summed E-state index contributed by atoms with van der Waals surface area (Å²) in [5.74, 6) is 2.46. The Morgan fingerprint density at radius 2 is 1.68 bits per heavy atom. The van der Waals surface area contributed by atoms with Gasteiger partial charge in [0.15, 0.2) is 0 Å². The first-order chi connectivity index (χ1) is 10.7. The molecule has 1 N–H and O–H groups in total. The van der Waals surface area contributed by atoms with Crippen LogP contribution in [-0.4, -0.2) is 25.9 Å². The first kappa shape index (κ1) is 16.2. The molecule has 0 bridgehead atoms. The summed E-state index contributed by atoms with van der Waals surface area (Å²) in [5.41, 5.74) is 1.88. The molecule has 0 aliphatic rings. The fourth-order valence-electron chi connectivity index (χ4n) is 1.91. The number of benzene rings is 2. The lowest BCUT2D eigenvalue weighted by Gasteiger charge is -2.09. The van der Waals surface area contributed by atoms with E-state index in [9.17, 15) is 4.79 Å². The van der Waals surface area contributed by atoms with Gasteiger partial charge in [0.25, 0.3) is 0 Å². The Bertz CT molecular complexity index is 594. The molecule has 2 aromatic carbocycles. The van der Waals surface area contributed by atoms with Gasteiger partial charge in [0.05, 0.1) is 20.0 Å².